The number of nitrogens with one attached hydrogen (secondary N) is 11. The lowest BCUT2D eigenvalue weighted by Crippen LogP contribution is -2.64. The van der Waals surface area contributed by atoms with Gasteiger partial charge in [-0.2, -0.15) is 0 Å². The number of hydrogen-bond acceptors (Lipinski definition) is 28. The smallest absolute Gasteiger partial charge is 0.239 e. The molecule has 3 fully saturated rings. The quantitative estimate of drug-likeness (QED) is 0.0199. The first kappa shape index (κ1) is 84.4. The molecule has 552 valence electrons. The van der Waals surface area contributed by atoms with Gasteiger partial charge in [-0.25, -0.2) is 0 Å². The van der Waals surface area contributed by atoms with Crippen molar-refractivity contribution in [2.75, 3.05) is 85.5 Å². The van der Waals surface area contributed by atoms with Crippen LogP contribution in [0.2, 0.25) is 0 Å². The number of rotatable bonds is 47. The zero-order chi connectivity index (χ0) is 71.3. The molecule has 9 amide bonds. The molecule has 0 aliphatic carbocycles. The van der Waals surface area contributed by atoms with Crippen molar-refractivity contribution in [3.05, 3.63) is 0 Å². The lowest BCUT2D eigenvalue weighted by molar-refractivity contribution is -0.270. The van der Waals surface area contributed by atoms with Gasteiger partial charge < -0.3 is 127 Å². The Morgan fingerprint density at radius 3 is 1.04 bits per heavy atom. The number of carbonyl (C=O) groups excluding carboxylic acids is 10. The van der Waals surface area contributed by atoms with Crippen LogP contribution < -0.4 is 58.5 Å². The van der Waals surface area contributed by atoms with Crippen molar-refractivity contribution in [2.45, 2.75) is 228 Å². The van der Waals surface area contributed by atoms with Crippen LogP contribution in [0.3, 0.4) is 0 Å². The largest absolute Gasteiger partial charge is 0.394 e. The van der Waals surface area contributed by atoms with Gasteiger partial charge >= 0.3 is 0 Å². The number of Topliss-reactive ketones (excluding diaryl/α,β-unsaturated/α-hetero) is 1. The highest BCUT2D eigenvalue weighted by Gasteiger charge is 2.48. The summed E-state index contributed by atoms with van der Waals surface area (Å²) < 4.78 is 33.8. The second-order valence-electron chi connectivity index (χ2n) is 23.7. The van der Waals surface area contributed by atoms with Gasteiger partial charge in [-0.05, 0) is 45.4 Å². The van der Waals surface area contributed by atoms with Crippen LogP contribution in [0.4, 0.5) is 0 Å². The van der Waals surface area contributed by atoms with Gasteiger partial charge in [-0.1, -0.05) is 38.5 Å². The molecule has 18 atom stereocenters. The third-order valence-electron chi connectivity index (χ3n) is 15.5. The van der Waals surface area contributed by atoms with E-state index in [4.69, 9.17) is 28.4 Å². The van der Waals surface area contributed by atoms with Gasteiger partial charge in [-0.15, -0.1) is 0 Å². The van der Waals surface area contributed by atoms with Crippen molar-refractivity contribution < 1.29 is 127 Å². The van der Waals surface area contributed by atoms with E-state index in [-0.39, 0.29) is 46.0 Å². The average molecular weight is 1380 g/mol. The molecule has 0 aromatic heterocycles. The molecule has 0 bridgehead atoms. The number of ketones is 1. The summed E-state index contributed by atoms with van der Waals surface area (Å²) in [6.45, 7) is 2.18. The molecule has 96 heavy (non-hydrogen) atoms. The topological polar surface area (TPSA) is 561 Å². The molecule has 3 heterocycles. The van der Waals surface area contributed by atoms with Gasteiger partial charge in [0.2, 0.25) is 53.2 Å². The first-order valence-corrected chi connectivity index (χ1v) is 32.5. The normalized spacial score (nSPS) is 26.6. The van der Waals surface area contributed by atoms with Crippen LogP contribution in [-0.2, 0) is 76.4 Å². The van der Waals surface area contributed by atoms with Gasteiger partial charge in [0.05, 0.1) is 64.5 Å². The molecule has 3 aliphatic heterocycles. The van der Waals surface area contributed by atoms with Crippen molar-refractivity contribution in [3.8, 4) is 0 Å². The summed E-state index contributed by atoms with van der Waals surface area (Å²) in [5, 5.41) is 130. The van der Waals surface area contributed by atoms with Crippen molar-refractivity contribution in [1.82, 2.24) is 58.5 Å². The zero-order valence-electron chi connectivity index (χ0n) is 55.0. The van der Waals surface area contributed by atoms with Gasteiger partial charge in [0, 0.05) is 66.6 Å². The molecule has 0 spiro atoms. The minimum Gasteiger partial charge on any atom is -0.394 e. The standard InChI is InChI=1S/C59H105N11O26/c1-32(74)25-63-36(55(89)65-27-44(81)61-18-12-6-9-15-21-92-58-47(68-34(3)76)53(87)50(84)39(30-72)95-58)23-42(79)70-37(56(90)66-28-45(82)62-19-13-7-10-16-22-93-59-48(69-35(4)77)54(88)51(85)40(31-73)96-59)24-41(78)64-26-43(80)60-17-11-5-8-14-20-91-57-46(67-33(2)75)52(86)49(83)38(29-71)94-57/h36-40,42,46-54,57-59,63,70-73,79,83-88H,5-31H2,1-4H3,(H,60,80)(H,61,81)(H,62,82)(H,64,78)(H,65,89)(H,66,90)(H,67,75)(H,68,76)(H,69,77)/t36?,37?,38?,39?,40?,42-,46-,47-,48-,49-,50-,51-,52?,53?,54?,57+,58+,59+/m0/s1. The van der Waals surface area contributed by atoms with E-state index >= 15 is 0 Å². The van der Waals surface area contributed by atoms with Crippen molar-refractivity contribution >= 4 is 58.9 Å². The Labute approximate surface area is 556 Å². The molecular formula is C59H105N11O26. The number of aliphatic hydroxyl groups is 10. The molecular weight excluding hydrogens is 1280 g/mol. The maximum absolute atomic E-state index is 13.7. The lowest BCUT2D eigenvalue weighted by atomic mass is 9.97. The lowest BCUT2D eigenvalue weighted by Gasteiger charge is -2.42. The second-order valence-corrected chi connectivity index (χ2v) is 23.7. The van der Waals surface area contributed by atoms with Crippen LogP contribution in [0.1, 0.15) is 118 Å². The predicted molar refractivity (Wildman–Crippen MR) is 332 cm³/mol. The molecule has 8 unspecified atom stereocenters. The van der Waals surface area contributed by atoms with Gasteiger partial charge in [-0.3, -0.25) is 58.6 Å². The van der Waals surface area contributed by atoms with E-state index in [1.807, 2.05) is 0 Å². The summed E-state index contributed by atoms with van der Waals surface area (Å²) >= 11 is 0. The molecule has 3 saturated heterocycles. The summed E-state index contributed by atoms with van der Waals surface area (Å²) in [4.78, 5) is 126. The Hall–Kier alpha value is -5.82. The number of unbranched alkanes of at least 4 members (excludes halogenated alkanes) is 9. The molecule has 0 aromatic rings. The van der Waals surface area contributed by atoms with Crippen LogP contribution in [-0.4, -0.2) is 306 Å². The molecule has 0 aromatic carbocycles. The van der Waals surface area contributed by atoms with E-state index < -0.39 is 221 Å². The second kappa shape index (κ2) is 46.5. The fraction of sp³-hybridized carbons (Fsp3) is 0.831. The maximum Gasteiger partial charge on any atom is 0.239 e. The third kappa shape index (κ3) is 31.8. The van der Waals surface area contributed by atoms with Crippen LogP contribution in [0.5, 0.6) is 0 Å². The third-order valence-corrected chi connectivity index (χ3v) is 15.5. The Bertz CT molecular complexity index is 2390. The molecule has 3 aliphatic rings. The monoisotopic (exact) mass is 1380 g/mol. The van der Waals surface area contributed by atoms with E-state index in [1.54, 1.807) is 0 Å². The fourth-order valence-corrected chi connectivity index (χ4v) is 10.4. The minimum absolute atomic E-state index is 0.126. The Kier molecular flexibility index (Phi) is 40.8. The van der Waals surface area contributed by atoms with E-state index in [0.29, 0.717) is 77.0 Å². The summed E-state index contributed by atoms with van der Waals surface area (Å²) in [6.07, 6.45) is -11.8. The van der Waals surface area contributed by atoms with E-state index in [9.17, 15) is 99.0 Å². The van der Waals surface area contributed by atoms with Gasteiger partial charge in [0.25, 0.3) is 0 Å². The van der Waals surface area contributed by atoms with Gasteiger partial charge in [0.1, 0.15) is 85.1 Å². The highest BCUT2D eigenvalue weighted by Crippen LogP contribution is 2.25. The number of hydrogen-bond donors (Lipinski definition) is 21. The first-order chi connectivity index (χ1) is 45.7. The van der Waals surface area contributed by atoms with Crippen molar-refractivity contribution in [1.29, 1.82) is 0 Å². The fourth-order valence-electron chi connectivity index (χ4n) is 10.4. The number of amides is 9. The Balaban J connectivity index is 1.51. The van der Waals surface area contributed by atoms with Crippen LogP contribution in [0, 0.1) is 0 Å². The summed E-state index contributed by atoms with van der Waals surface area (Å²) in [5.74, 6) is -6.25. The van der Waals surface area contributed by atoms with Gasteiger partial charge in [0.15, 0.2) is 18.9 Å². The molecule has 0 saturated carbocycles. The van der Waals surface area contributed by atoms with Crippen LogP contribution >= 0.6 is 0 Å². The van der Waals surface area contributed by atoms with E-state index in [2.05, 4.69) is 58.5 Å². The Morgan fingerprint density at radius 1 is 0.396 bits per heavy atom. The average Bonchev–Trinajstić information content (AvgIpc) is 0.834. The van der Waals surface area contributed by atoms with Crippen LogP contribution in [0.25, 0.3) is 0 Å². The molecule has 37 heteroatoms. The maximum atomic E-state index is 13.7. The Morgan fingerprint density at radius 2 is 0.719 bits per heavy atom. The highest BCUT2D eigenvalue weighted by molar-refractivity contribution is 5.92. The van der Waals surface area contributed by atoms with E-state index in [1.165, 1.54) is 27.7 Å². The predicted octanol–water partition coefficient (Wildman–Crippen LogP) is -9.15. The SMILES string of the molecule is CC(=O)CNC(C[C@H](O)NC(CC(=O)NCC(=O)NCCCCCCO[C@@H]1OC(CO)[C@H](O)C(O)[C@@H]1NC(C)=O)C(=O)NCC(=O)NCCCCCCO[C@@H]1OC(CO)[C@H](O)C(O)[C@@H]1NC(C)=O)C(=O)NCC(=O)NCCCCCCO[C@@H]1OC(CO)[C@H](O)C(O)[C@@H]1NC(C)=O. The summed E-state index contributed by atoms with van der Waals surface area (Å²) in [5.41, 5.74) is 0. The van der Waals surface area contributed by atoms with Crippen LogP contribution in [0.15, 0.2) is 0 Å². The van der Waals surface area contributed by atoms with E-state index in [0.717, 1.165) is 0 Å². The highest BCUT2D eigenvalue weighted by atomic mass is 16.7. The summed E-state index contributed by atoms with van der Waals surface area (Å²) in [7, 11) is 0. The van der Waals surface area contributed by atoms with Crippen molar-refractivity contribution in [2.24, 2.45) is 0 Å². The molecule has 21 N–H and O–H groups in total. The first-order valence-electron chi connectivity index (χ1n) is 32.5. The number of ether oxygens (including phenoxy) is 6. The molecule has 0 radical (unpaired) electrons. The molecule has 37 nitrogen and oxygen atoms in total. The number of aliphatic hydroxyl groups excluding tert-OH is 10. The number of carbonyl (C=O) groups is 10. The molecule has 3 rings (SSSR count). The zero-order valence-corrected chi connectivity index (χ0v) is 55.0. The summed E-state index contributed by atoms with van der Waals surface area (Å²) in [6, 6.07) is -6.19. The minimum atomic E-state index is -1.75. The van der Waals surface area contributed by atoms with Crippen molar-refractivity contribution in [3.63, 3.8) is 0 Å².